The molecule has 6 heteroatoms. The molecule has 0 saturated heterocycles. The van der Waals surface area contributed by atoms with E-state index in [0.717, 1.165) is 51.4 Å². The van der Waals surface area contributed by atoms with Crippen LogP contribution in [0.1, 0.15) is 71.1 Å². The first-order chi connectivity index (χ1) is 11.5. The molecule has 0 aromatic carbocycles. The molecular formula is C18H31O5P. The lowest BCUT2D eigenvalue weighted by atomic mass is 10.1. The van der Waals surface area contributed by atoms with Crippen molar-refractivity contribution in [3.8, 4) is 0 Å². The molecule has 0 aliphatic carbocycles. The Balaban J connectivity index is 3.39. The zero-order valence-electron chi connectivity index (χ0n) is 14.6. The van der Waals surface area contributed by atoms with Crippen molar-refractivity contribution >= 4 is 13.8 Å². The first-order valence-corrected chi connectivity index (χ1v) is 10.2. The Hall–Kier alpha value is -1.16. The Kier molecular flexibility index (Phi) is 14.6. The lowest BCUT2D eigenvalue weighted by molar-refractivity contribution is -0.135. The van der Waals surface area contributed by atoms with Gasteiger partial charge in [-0.15, -0.1) is 0 Å². The largest absolute Gasteiger partial charge is 0.526 e. The minimum absolute atomic E-state index is 0.0603. The molecule has 0 aliphatic rings. The van der Waals surface area contributed by atoms with Crippen LogP contribution in [0.3, 0.4) is 0 Å². The lowest BCUT2D eigenvalue weighted by Gasteiger charge is -2.04. The van der Waals surface area contributed by atoms with Crippen molar-refractivity contribution in [3.05, 3.63) is 36.5 Å². The van der Waals surface area contributed by atoms with E-state index >= 15 is 0 Å². The van der Waals surface area contributed by atoms with E-state index in [4.69, 9.17) is 9.79 Å². The molecule has 0 aliphatic heterocycles. The fourth-order valence-electron chi connectivity index (χ4n) is 2.07. The Labute approximate surface area is 145 Å². The fraction of sp³-hybridized carbons (Fsp3) is 0.611. The maximum atomic E-state index is 11.1. The van der Waals surface area contributed by atoms with Gasteiger partial charge in [0.25, 0.3) is 0 Å². The van der Waals surface area contributed by atoms with Crippen LogP contribution in [0, 0.1) is 0 Å². The van der Waals surface area contributed by atoms with Gasteiger partial charge >= 0.3 is 13.8 Å². The highest BCUT2D eigenvalue weighted by atomic mass is 31.2. The van der Waals surface area contributed by atoms with E-state index in [1.807, 2.05) is 0 Å². The van der Waals surface area contributed by atoms with E-state index in [1.165, 1.54) is 0 Å². The second kappa shape index (κ2) is 15.4. The number of unbranched alkanes of at least 4 members (excludes halogenated alkanes) is 5. The summed E-state index contributed by atoms with van der Waals surface area (Å²) in [6.45, 7) is 2.13. The van der Waals surface area contributed by atoms with Crippen LogP contribution >= 0.6 is 7.82 Å². The number of hydrogen-bond acceptors (Lipinski definition) is 3. The Morgan fingerprint density at radius 3 is 2.04 bits per heavy atom. The van der Waals surface area contributed by atoms with Crippen LogP contribution in [-0.2, 0) is 13.9 Å². The molecule has 0 unspecified atom stereocenters. The number of hydrogen-bond donors (Lipinski definition) is 2. The van der Waals surface area contributed by atoms with Crippen LogP contribution in [0.15, 0.2) is 36.5 Å². The smallest absolute Gasteiger partial charge is 0.371 e. The molecule has 0 fully saturated rings. The predicted octanol–water partition coefficient (Wildman–Crippen LogP) is 5.21. The van der Waals surface area contributed by atoms with Gasteiger partial charge in [-0.1, -0.05) is 62.6 Å². The molecule has 0 aromatic heterocycles. The minimum atomic E-state index is -4.68. The molecule has 0 amide bonds. The second-order valence-corrected chi connectivity index (χ2v) is 6.72. The van der Waals surface area contributed by atoms with Gasteiger partial charge in [0.05, 0.1) is 0 Å². The van der Waals surface area contributed by atoms with Crippen LogP contribution in [0.25, 0.3) is 0 Å². The maximum Gasteiger partial charge on any atom is 0.526 e. The third-order valence-corrected chi connectivity index (χ3v) is 3.69. The van der Waals surface area contributed by atoms with E-state index in [9.17, 15) is 9.36 Å². The maximum absolute atomic E-state index is 11.1. The molecule has 0 rings (SSSR count). The molecule has 0 heterocycles. The molecule has 0 radical (unpaired) electrons. The van der Waals surface area contributed by atoms with Crippen LogP contribution < -0.4 is 0 Å². The molecule has 0 saturated carbocycles. The SMILES string of the molecule is CC/C=C\C/C=C\C/C=C\CCCCCCCC(=O)OP(=O)(O)O. The Morgan fingerprint density at radius 1 is 0.875 bits per heavy atom. The van der Waals surface area contributed by atoms with Crippen LogP contribution in [0.2, 0.25) is 0 Å². The normalized spacial score (nSPS) is 12.6. The van der Waals surface area contributed by atoms with Crippen LogP contribution in [0.5, 0.6) is 0 Å². The first-order valence-electron chi connectivity index (χ1n) is 8.68. The highest BCUT2D eigenvalue weighted by Gasteiger charge is 2.19. The van der Waals surface area contributed by atoms with Crippen molar-refractivity contribution in [1.82, 2.24) is 0 Å². The van der Waals surface area contributed by atoms with Gasteiger partial charge in [-0.3, -0.25) is 14.6 Å². The van der Waals surface area contributed by atoms with E-state index in [1.54, 1.807) is 0 Å². The van der Waals surface area contributed by atoms with Gasteiger partial charge < -0.3 is 4.52 Å². The van der Waals surface area contributed by atoms with Crippen molar-refractivity contribution in [3.63, 3.8) is 0 Å². The molecule has 0 aromatic rings. The zero-order valence-corrected chi connectivity index (χ0v) is 15.5. The molecule has 5 nitrogen and oxygen atoms in total. The van der Waals surface area contributed by atoms with Gasteiger partial charge in [0.2, 0.25) is 0 Å². The summed E-state index contributed by atoms with van der Waals surface area (Å²) in [5, 5.41) is 0. The third-order valence-electron chi connectivity index (χ3n) is 3.25. The number of carbonyl (C=O) groups is 1. The lowest BCUT2D eigenvalue weighted by Crippen LogP contribution is -2.01. The molecule has 0 atom stereocenters. The van der Waals surface area contributed by atoms with Crippen molar-refractivity contribution in [1.29, 1.82) is 0 Å². The summed E-state index contributed by atoms with van der Waals surface area (Å²) in [4.78, 5) is 28.0. The van der Waals surface area contributed by atoms with Crippen LogP contribution in [0.4, 0.5) is 0 Å². The van der Waals surface area contributed by atoms with E-state index in [0.29, 0.717) is 6.42 Å². The summed E-state index contributed by atoms with van der Waals surface area (Å²) in [5.74, 6) is -0.829. The second-order valence-electron chi connectivity index (χ2n) is 5.55. The van der Waals surface area contributed by atoms with Gasteiger partial charge in [0.15, 0.2) is 0 Å². The summed E-state index contributed by atoms with van der Waals surface area (Å²) in [6, 6.07) is 0. The third kappa shape index (κ3) is 18.9. The molecule has 138 valence electrons. The van der Waals surface area contributed by atoms with Crippen molar-refractivity contribution in [2.75, 3.05) is 0 Å². The topological polar surface area (TPSA) is 83.8 Å². The predicted molar refractivity (Wildman–Crippen MR) is 97.4 cm³/mol. The molecule has 0 bridgehead atoms. The van der Waals surface area contributed by atoms with Crippen LogP contribution in [-0.4, -0.2) is 15.8 Å². The van der Waals surface area contributed by atoms with E-state index < -0.39 is 13.8 Å². The number of phosphoric ester groups is 1. The summed E-state index contributed by atoms with van der Waals surface area (Å²) < 4.78 is 14.4. The van der Waals surface area contributed by atoms with Gasteiger partial charge in [0, 0.05) is 6.42 Å². The van der Waals surface area contributed by atoms with Gasteiger partial charge in [0.1, 0.15) is 0 Å². The molecule has 0 spiro atoms. The fourth-order valence-corrected chi connectivity index (χ4v) is 2.42. The van der Waals surface area contributed by atoms with Gasteiger partial charge in [-0.2, -0.15) is 0 Å². The van der Waals surface area contributed by atoms with Gasteiger partial charge in [-0.25, -0.2) is 4.57 Å². The van der Waals surface area contributed by atoms with Crippen molar-refractivity contribution in [2.45, 2.75) is 71.1 Å². The Morgan fingerprint density at radius 2 is 1.42 bits per heavy atom. The molecular weight excluding hydrogens is 327 g/mol. The standard InChI is InChI=1S/C18H31O5P/c1-2-3-4-5-6-7-8-9-10-11-12-13-14-15-16-17-18(19)23-24(20,21)22/h3-4,6-7,9-10H,2,5,8,11-17H2,1H3,(H2,20,21,22)/b4-3-,7-6-,10-9-. The first kappa shape index (κ1) is 22.8. The molecule has 2 N–H and O–H groups in total. The number of allylic oxidation sites excluding steroid dienone is 6. The van der Waals surface area contributed by atoms with Gasteiger partial charge in [-0.05, 0) is 38.5 Å². The molecule has 24 heavy (non-hydrogen) atoms. The number of carbonyl (C=O) groups excluding carboxylic acids is 1. The van der Waals surface area contributed by atoms with Crippen molar-refractivity contribution < 1.29 is 23.7 Å². The van der Waals surface area contributed by atoms with Crippen molar-refractivity contribution in [2.24, 2.45) is 0 Å². The monoisotopic (exact) mass is 358 g/mol. The number of rotatable bonds is 14. The number of phosphoric acid groups is 1. The summed E-state index contributed by atoms with van der Waals surface area (Å²) in [6.07, 6.45) is 21.9. The summed E-state index contributed by atoms with van der Waals surface area (Å²) in [5.41, 5.74) is 0. The average Bonchev–Trinajstić information content (AvgIpc) is 2.49. The van der Waals surface area contributed by atoms with E-state index in [2.05, 4.69) is 47.9 Å². The zero-order chi connectivity index (χ0) is 18.1. The Bertz CT molecular complexity index is 448. The quantitative estimate of drug-likeness (QED) is 0.253. The summed E-state index contributed by atoms with van der Waals surface area (Å²) in [7, 11) is -4.68. The highest BCUT2D eigenvalue weighted by Crippen LogP contribution is 2.36. The van der Waals surface area contributed by atoms with E-state index in [-0.39, 0.29) is 6.42 Å². The highest BCUT2D eigenvalue weighted by molar-refractivity contribution is 7.46. The average molecular weight is 358 g/mol. The minimum Gasteiger partial charge on any atom is -0.371 e. The summed E-state index contributed by atoms with van der Waals surface area (Å²) >= 11 is 0.